The van der Waals surface area contributed by atoms with Gasteiger partial charge in [-0.2, -0.15) is 9.40 Å². The summed E-state index contributed by atoms with van der Waals surface area (Å²) < 4.78 is 26.2. The largest absolute Gasteiger partial charge is 0.478 e. The molecule has 7 nitrogen and oxygen atoms in total. The molecule has 2 N–H and O–H groups in total. The summed E-state index contributed by atoms with van der Waals surface area (Å²) in [5.74, 6) is -1.19. The number of carbonyl (C=O) groups is 1. The quantitative estimate of drug-likeness (QED) is 0.818. The Morgan fingerprint density at radius 1 is 1.42 bits per heavy atom. The molecular formula is C11H19N3O4S. The lowest BCUT2D eigenvalue weighted by Gasteiger charge is -2.26. The Hall–Kier alpha value is -1.41. The minimum absolute atomic E-state index is 0.133. The zero-order chi connectivity index (χ0) is 14.8. The second kappa shape index (κ2) is 5.70. The average Bonchev–Trinajstić information content (AvgIpc) is 2.74. The van der Waals surface area contributed by atoms with Crippen LogP contribution >= 0.6 is 0 Å². The molecule has 1 aromatic rings. The molecule has 0 unspecified atom stereocenters. The SMILES string of the molecule is CC(C)CN(C(C)C)S(=O)(=O)c1[nH]ncc1C(=O)O. The van der Waals surface area contributed by atoms with E-state index in [0.29, 0.717) is 6.54 Å². The van der Waals surface area contributed by atoms with Crippen molar-refractivity contribution in [3.63, 3.8) is 0 Å². The molecule has 0 aliphatic carbocycles. The summed E-state index contributed by atoms with van der Waals surface area (Å²) in [6.07, 6.45) is 1.00. The number of carboxylic acid groups (broad SMARTS) is 1. The number of hydrogen-bond donors (Lipinski definition) is 2. The molecule has 0 amide bonds. The number of aromatic carboxylic acids is 1. The fourth-order valence-corrected chi connectivity index (χ4v) is 3.56. The molecule has 0 bridgehead atoms. The van der Waals surface area contributed by atoms with Gasteiger partial charge < -0.3 is 5.11 Å². The van der Waals surface area contributed by atoms with Gasteiger partial charge in [-0.05, 0) is 19.8 Å². The molecule has 1 heterocycles. The highest BCUT2D eigenvalue weighted by Crippen LogP contribution is 2.21. The number of aromatic nitrogens is 2. The number of rotatable bonds is 6. The fourth-order valence-electron chi connectivity index (χ4n) is 1.69. The second-order valence-corrected chi connectivity index (χ2v) is 6.81. The van der Waals surface area contributed by atoms with Crippen molar-refractivity contribution < 1.29 is 18.3 Å². The Balaban J connectivity index is 3.27. The van der Waals surface area contributed by atoms with Crippen molar-refractivity contribution in [3.8, 4) is 0 Å². The van der Waals surface area contributed by atoms with Crippen LogP contribution in [0.25, 0.3) is 0 Å². The Morgan fingerprint density at radius 3 is 2.42 bits per heavy atom. The number of nitrogens with one attached hydrogen (secondary N) is 1. The maximum atomic E-state index is 12.5. The standard InChI is InChI=1S/C11H19N3O4S/c1-7(2)6-14(8(3)4)19(17,18)10-9(11(15)16)5-12-13-10/h5,7-8H,6H2,1-4H3,(H,12,13)(H,15,16). The second-order valence-electron chi connectivity index (χ2n) is 4.98. The van der Waals surface area contributed by atoms with Crippen molar-refractivity contribution in [2.75, 3.05) is 6.54 Å². The Bertz CT molecular complexity index is 548. The molecule has 108 valence electrons. The van der Waals surface area contributed by atoms with Gasteiger partial charge in [-0.25, -0.2) is 13.2 Å². The van der Waals surface area contributed by atoms with E-state index in [1.165, 1.54) is 4.31 Å². The highest BCUT2D eigenvalue weighted by atomic mass is 32.2. The van der Waals surface area contributed by atoms with E-state index in [1.807, 2.05) is 13.8 Å². The van der Waals surface area contributed by atoms with Crippen LogP contribution in [0.15, 0.2) is 11.2 Å². The average molecular weight is 289 g/mol. The summed E-state index contributed by atoms with van der Waals surface area (Å²) in [5, 5.41) is 14.4. The fraction of sp³-hybridized carbons (Fsp3) is 0.636. The van der Waals surface area contributed by atoms with Crippen LogP contribution in [-0.2, 0) is 10.0 Å². The number of carboxylic acids is 1. The number of sulfonamides is 1. The molecular weight excluding hydrogens is 270 g/mol. The first-order chi connectivity index (χ1) is 8.67. The van der Waals surface area contributed by atoms with Gasteiger partial charge in [-0.3, -0.25) is 5.10 Å². The van der Waals surface area contributed by atoms with Crippen LogP contribution in [-0.4, -0.2) is 46.6 Å². The van der Waals surface area contributed by atoms with E-state index in [0.717, 1.165) is 6.20 Å². The highest BCUT2D eigenvalue weighted by molar-refractivity contribution is 7.89. The molecule has 19 heavy (non-hydrogen) atoms. The van der Waals surface area contributed by atoms with Crippen LogP contribution in [0.2, 0.25) is 0 Å². The van der Waals surface area contributed by atoms with Gasteiger partial charge >= 0.3 is 5.97 Å². The number of H-pyrrole nitrogens is 1. The molecule has 1 aromatic heterocycles. The van der Waals surface area contributed by atoms with Crippen molar-refractivity contribution in [1.29, 1.82) is 0 Å². The van der Waals surface area contributed by atoms with Gasteiger partial charge in [0.15, 0.2) is 5.03 Å². The summed E-state index contributed by atoms with van der Waals surface area (Å²) in [6, 6.07) is -0.266. The van der Waals surface area contributed by atoms with Crippen LogP contribution in [0.3, 0.4) is 0 Å². The van der Waals surface area contributed by atoms with E-state index >= 15 is 0 Å². The Kier molecular flexibility index (Phi) is 4.70. The number of aromatic amines is 1. The van der Waals surface area contributed by atoms with Crippen molar-refractivity contribution in [3.05, 3.63) is 11.8 Å². The minimum atomic E-state index is -3.89. The van der Waals surface area contributed by atoms with Gasteiger partial charge in [0.25, 0.3) is 10.0 Å². The van der Waals surface area contributed by atoms with E-state index in [-0.39, 0.29) is 22.5 Å². The van der Waals surface area contributed by atoms with Gasteiger partial charge in [-0.1, -0.05) is 13.8 Å². The van der Waals surface area contributed by atoms with Gasteiger partial charge in [-0.15, -0.1) is 0 Å². The van der Waals surface area contributed by atoms with Crippen LogP contribution in [0.5, 0.6) is 0 Å². The minimum Gasteiger partial charge on any atom is -0.478 e. The van der Waals surface area contributed by atoms with E-state index in [9.17, 15) is 13.2 Å². The molecule has 0 aromatic carbocycles. The third-order valence-electron chi connectivity index (χ3n) is 2.52. The monoisotopic (exact) mass is 289 g/mol. The molecule has 0 saturated heterocycles. The van der Waals surface area contributed by atoms with Crippen molar-refractivity contribution in [2.24, 2.45) is 5.92 Å². The third kappa shape index (κ3) is 3.32. The predicted molar refractivity (Wildman–Crippen MR) is 69.4 cm³/mol. The molecule has 1 rings (SSSR count). The summed E-state index contributed by atoms with van der Waals surface area (Å²) in [6.45, 7) is 7.61. The van der Waals surface area contributed by atoms with E-state index < -0.39 is 16.0 Å². The van der Waals surface area contributed by atoms with Crippen LogP contribution < -0.4 is 0 Å². The number of nitrogens with zero attached hydrogens (tertiary/aromatic N) is 2. The first kappa shape index (κ1) is 15.6. The van der Waals surface area contributed by atoms with E-state index in [2.05, 4.69) is 10.2 Å². The number of hydrogen-bond acceptors (Lipinski definition) is 4. The molecule has 0 aliphatic heterocycles. The smallest absolute Gasteiger partial charge is 0.340 e. The predicted octanol–water partition coefficient (Wildman–Crippen LogP) is 1.16. The summed E-state index contributed by atoms with van der Waals surface area (Å²) in [7, 11) is -3.89. The van der Waals surface area contributed by atoms with Crippen molar-refractivity contribution in [2.45, 2.75) is 38.8 Å². The maximum Gasteiger partial charge on any atom is 0.340 e. The van der Waals surface area contributed by atoms with Crippen LogP contribution in [0.4, 0.5) is 0 Å². The summed E-state index contributed by atoms with van der Waals surface area (Å²) >= 11 is 0. The Morgan fingerprint density at radius 2 is 2.00 bits per heavy atom. The molecule has 0 fully saturated rings. The highest BCUT2D eigenvalue weighted by Gasteiger charge is 2.33. The van der Waals surface area contributed by atoms with Crippen molar-refractivity contribution in [1.82, 2.24) is 14.5 Å². The summed E-state index contributed by atoms with van der Waals surface area (Å²) in [4.78, 5) is 11.0. The molecule has 0 saturated carbocycles. The zero-order valence-corrected chi connectivity index (χ0v) is 12.2. The normalized spacial score (nSPS) is 12.6. The molecule has 0 atom stereocenters. The summed E-state index contributed by atoms with van der Waals surface area (Å²) in [5.41, 5.74) is -0.339. The first-order valence-corrected chi connectivity index (χ1v) is 7.40. The van der Waals surface area contributed by atoms with E-state index in [1.54, 1.807) is 13.8 Å². The molecule has 0 spiro atoms. The lowest BCUT2D eigenvalue weighted by Crippen LogP contribution is -2.40. The van der Waals surface area contributed by atoms with E-state index in [4.69, 9.17) is 5.11 Å². The van der Waals surface area contributed by atoms with Crippen molar-refractivity contribution >= 4 is 16.0 Å². The van der Waals surface area contributed by atoms with Crippen LogP contribution in [0.1, 0.15) is 38.1 Å². The lowest BCUT2D eigenvalue weighted by atomic mass is 10.2. The molecule has 0 aliphatic rings. The van der Waals surface area contributed by atoms with Gasteiger partial charge in [0.05, 0.1) is 6.20 Å². The molecule has 8 heteroatoms. The zero-order valence-electron chi connectivity index (χ0n) is 11.4. The molecule has 0 radical (unpaired) electrons. The van der Waals surface area contributed by atoms with Crippen LogP contribution in [0, 0.1) is 5.92 Å². The first-order valence-electron chi connectivity index (χ1n) is 5.96. The van der Waals surface area contributed by atoms with Gasteiger partial charge in [0.2, 0.25) is 0 Å². The Labute approximate surface area is 112 Å². The van der Waals surface area contributed by atoms with Gasteiger partial charge in [0.1, 0.15) is 5.56 Å². The maximum absolute atomic E-state index is 12.5. The third-order valence-corrected chi connectivity index (χ3v) is 4.54. The topological polar surface area (TPSA) is 103 Å². The van der Waals surface area contributed by atoms with Gasteiger partial charge in [0, 0.05) is 12.6 Å². The lowest BCUT2D eigenvalue weighted by molar-refractivity contribution is 0.0692.